The van der Waals surface area contributed by atoms with Crippen LogP contribution in [0.15, 0.2) is 60.7 Å². The normalized spacial score (nSPS) is 11.1. The lowest BCUT2D eigenvalue weighted by Crippen LogP contribution is -2.21. The van der Waals surface area contributed by atoms with Crippen LogP contribution in [0.1, 0.15) is 43.6 Å². The molecule has 1 N–H and O–H groups in total. The molecule has 1 amide bonds. The summed E-state index contributed by atoms with van der Waals surface area (Å²) in [4.78, 5) is 16.8. The number of nitrogens with one attached hydrogen (secondary N) is 1. The van der Waals surface area contributed by atoms with Crippen LogP contribution in [-0.4, -0.2) is 40.1 Å². The number of carbonyl (C=O) groups excluding carboxylic acids is 1. The van der Waals surface area contributed by atoms with Gasteiger partial charge in [0.1, 0.15) is 16.8 Å². The lowest BCUT2D eigenvalue weighted by molar-refractivity contribution is 0.102. The molecular formula is C27H31N5O2. The maximum atomic E-state index is 12.9. The van der Waals surface area contributed by atoms with Crippen LogP contribution in [0.3, 0.4) is 0 Å². The standard InChI is InChI=1S/C27H31N5O2/c1-6-31(7-2)21-11-13-22(14-12-21)32-29-25-15-19(5)24(17-26(25)30-32)28-27(33)20-9-8-10-23(16-20)34-18(3)4/h8-18H,6-7H2,1-5H3,(H,28,33). The van der Waals surface area contributed by atoms with E-state index in [1.54, 1.807) is 16.9 Å². The fraction of sp³-hybridized carbons (Fsp3) is 0.296. The number of fused-ring (bicyclic) bond motifs is 1. The second-order valence-electron chi connectivity index (χ2n) is 8.48. The summed E-state index contributed by atoms with van der Waals surface area (Å²) in [6.07, 6.45) is 0.0407. The number of anilines is 2. The molecule has 34 heavy (non-hydrogen) atoms. The van der Waals surface area contributed by atoms with Crippen molar-refractivity contribution in [3.8, 4) is 11.4 Å². The first kappa shape index (κ1) is 23.3. The molecule has 0 spiro atoms. The average molecular weight is 458 g/mol. The number of hydrogen-bond donors (Lipinski definition) is 1. The Morgan fingerprint density at radius 3 is 2.32 bits per heavy atom. The molecule has 0 radical (unpaired) electrons. The monoisotopic (exact) mass is 457 g/mol. The predicted octanol–water partition coefficient (Wildman–Crippen LogP) is 5.61. The zero-order valence-electron chi connectivity index (χ0n) is 20.4. The third kappa shape index (κ3) is 5.03. The van der Waals surface area contributed by atoms with Gasteiger partial charge in [0.15, 0.2) is 0 Å². The largest absolute Gasteiger partial charge is 0.491 e. The molecule has 0 aliphatic heterocycles. The van der Waals surface area contributed by atoms with E-state index < -0.39 is 0 Å². The van der Waals surface area contributed by atoms with Crippen LogP contribution in [0.2, 0.25) is 0 Å². The molecule has 0 fully saturated rings. The molecule has 0 saturated heterocycles. The average Bonchev–Trinajstić information content (AvgIpc) is 3.23. The lowest BCUT2D eigenvalue weighted by atomic mass is 10.1. The second-order valence-corrected chi connectivity index (χ2v) is 8.48. The molecule has 0 bridgehead atoms. The summed E-state index contributed by atoms with van der Waals surface area (Å²) in [6, 6.07) is 19.2. The van der Waals surface area contributed by atoms with Crippen LogP contribution in [0, 0.1) is 6.92 Å². The van der Waals surface area contributed by atoms with Gasteiger partial charge in [0.25, 0.3) is 5.91 Å². The Balaban J connectivity index is 1.57. The Labute approximate surface area is 200 Å². The summed E-state index contributed by atoms with van der Waals surface area (Å²) in [5.41, 5.74) is 5.71. The van der Waals surface area contributed by atoms with Crippen LogP contribution in [0.25, 0.3) is 16.7 Å². The topological polar surface area (TPSA) is 72.3 Å². The highest BCUT2D eigenvalue weighted by Gasteiger charge is 2.13. The number of aromatic nitrogens is 3. The van der Waals surface area contributed by atoms with E-state index in [9.17, 15) is 4.79 Å². The van der Waals surface area contributed by atoms with E-state index in [0.29, 0.717) is 22.5 Å². The van der Waals surface area contributed by atoms with Gasteiger partial charge >= 0.3 is 0 Å². The number of hydrogen-bond acceptors (Lipinski definition) is 5. The molecule has 3 aromatic carbocycles. The van der Waals surface area contributed by atoms with Gasteiger partial charge in [-0.15, -0.1) is 10.2 Å². The third-order valence-electron chi connectivity index (χ3n) is 5.65. The van der Waals surface area contributed by atoms with Gasteiger partial charge in [-0.3, -0.25) is 4.79 Å². The molecule has 0 aliphatic carbocycles. The van der Waals surface area contributed by atoms with Crippen molar-refractivity contribution in [2.75, 3.05) is 23.3 Å². The number of aryl methyl sites for hydroxylation is 1. The van der Waals surface area contributed by atoms with Gasteiger partial charge in [-0.1, -0.05) is 6.07 Å². The number of amides is 1. The summed E-state index contributed by atoms with van der Waals surface area (Å²) in [6.45, 7) is 12.1. The zero-order chi connectivity index (χ0) is 24.2. The molecule has 0 aliphatic rings. The first-order chi connectivity index (χ1) is 16.4. The van der Waals surface area contributed by atoms with Crippen molar-refractivity contribution in [2.45, 2.75) is 40.7 Å². The Morgan fingerprint density at radius 2 is 1.68 bits per heavy atom. The van der Waals surface area contributed by atoms with E-state index in [0.717, 1.165) is 29.9 Å². The molecule has 7 nitrogen and oxygen atoms in total. The minimum atomic E-state index is -0.198. The maximum Gasteiger partial charge on any atom is 0.255 e. The van der Waals surface area contributed by atoms with E-state index in [4.69, 9.17) is 4.74 Å². The van der Waals surface area contributed by atoms with Gasteiger partial charge in [0, 0.05) is 30.0 Å². The van der Waals surface area contributed by atoms with Crippen molar-refractivity contribution in [1.82, 2.24) is 15.0 Å². The SMILES string of the molecule is CCN(CC)c1ccc(-n2nc3cc(C)c(NC(=O)c4cccc(OC(C)C)c4)cc3n2)cc1. The minimum Gasteiger partial charge on any atom is -0.491 e. The molecule has 0 saturated carbocycles. The van der Waals surface area contributed by atoms with Crippen LogP contribution in [0.5, 0.6) is 5.75 Å². The number of nitrogens with zero attached hydrogens (tertiary/aromatic N) is 4. The summed E-state index contributed by atoms with van der Waals surface area (Å²) in [5, 5.41) is 12.3. The molecule has 1 aromatic heterocycles. The lowest BCUT2D eigenvalue weighted by Gasteiger charge is -2.20. The van der Waals surface area contributed by atoms with Crippen molar-refractivity contribution in [3.05, 3.63) is 71.8 Å². The fourth-order valence-electron chi connectivity index (χ4n) is 3.88. The number of benzene rings is 3. The molecule has 4 aromatic rings. The minimum absolute atomic E-state index is 0.0407. The van der Waals surface area contributed by atoms with Crippen molar-refractivity contribution in [3.63, 3.8) is 0 Å². The van der Waals surface area contributed by atoms with Crippen molar-refractivity contribution in [2.24, 2.45) is 0 Å². The summed E-state index contributed by atoms with van der Waals surface area (Å²) >= 11 is 0. The van der Waals surface area contributed by atoms with Crippen LogP contribution in [0.4, 0.5) is 11.4 Å². The maximum absolute atomic E-state index is 12.9. The van der Waals surface area contributed by atoms with Crippen molar-refractivity contribution in [1.29, 1.82) is 0 Å². The molecular weight excluding hydrogens is 426 g/mol. The van der Waals surface area contributed by atoms with Crippen LogP contribution in [-0.2, 0) is 0 Å². The van der Waals surface area contributed by atoms with E-state index in [-0.39, 0.29) is 12.0 Å². The summed E-state index contributed by atoms with van der Waals surface area (Å²) in [5.74, 6) is 0.473. The number of carbonyl (C=O) groups is 1. The highest BCUT2D eigenvalue weighted by atomic mass is 16.5. The summed E-state index contributed by atoms with van der Waals surface area (Å²) in [7, 11) is 0. The molecule has 0 unspecified atom stereocenters. The van der Waals surface area contributed by atoms with Crippen LogP contribution < -0.4 is 15.0 Å². The zero-order valence-corrected chi connectivity index (χ0v) is 20.4. The van der Waals surface area contributed by atoms with E-state index in [1.165, 1.54) is 5.69 Å². The van der Waals surface area contributed by atoms with E-state index in [1.807, 2.05) is 57.2 Å². The number of ether oxygens (including phenoxy) is 1. The third-order valence-corrected chi connectivity index (χ3v) is 5.65. The Kier molecular flexibility index (Phi) is 6.82. The highest BCUT2D eigenvalue weighted by Crippen LogP contribution is 2.24. The first-order valence-electron chi connectivity index (χ1n) is 11.7. The van der Waals surface area contributed by atoms with Gasteiger partial charge in [0.2, 0.25) is 0 Å². The molecule has 4 rings (SSSR count). The van der Waals surface area contributed by atoms with E-state index >= 15 is 0 Å². The first-order valence-corrected chi connectivity index (χ1v) is 11.7. The van der Waals surface area contributed by atoms with Gasteiger partial charge in [-0.05, 0) is 94.8 Å². The number of rotatable bonds is 8. The Bertz CT molecular complexity index is 1290. The molecule has 1 heterocycles. The molecule has 7 heteroatoms. The fourth-order valence-corrected chi connectivity index (χ4v) is 3.88. The van der Waals surface area contributed by atoms with Gasteiger partial charge in [-0.25, -0.2) is 0 Å². The van der Waals surface area contributed by atoms with Gasteiger partial charge < -0.3 is 15.0 Å². The smallest absolute Gasteiger partial charge is 0.255 e. The summed E-state index contributed by atoms with van der Waals surface area (Å²) < 4.78 is 5.71. The molecule has 176 valence electrons. The highest BCUT2D eigenvalue weighted by molar-refractivity contribution is 6.05. The molecule has 0 atom stereocenters. The Hall–Kier alpha value is -3.87. The van der Waals surface area contributed by atoms with Gasteiger partial charge in [-0.2, -0.15) is 4.80 Å². The van der Waals surface area contributed by atoms with Crippen molar-refractivity contribution < 1.29 is 9.53 Å². The van der Waals surface area contributed by atoms with Gasteiger partial charge in [0.05, 0.1) is 11.8 Å². The Morgan fingerprint density at radius 1 is 1.00 bits per heavy atom. The van der Waals surface area contributed by atoms with E-state index in [2.05, 4.69) is 46.4 Å². The predicted molar refractivity (Wildman–Crippen MR) is 137 cm³/mol. The quantitative estimate of drug-likeness (QED) is 0.372. The second kappa shape index (κ2) is 9.95. The van der Waals surface area contributed by atoms with Crippen LogP contribution >= 0.6 is 0 Å². The van der Waals surface area contributed by atoms with Crippen molar-refractivity contribution >= 4 is 28.3 Å².